The molecule has 0 saturated carbocycles. The number of hydroxylamine groups is 2. The minimum atomic E-state index is -0.902. The van der Waals surface area contributed by atoms with Crippen LogP contribution in [0.3, 0.4) is 0 Å². The van der Waals surface area contributed by atoms with Gasteiger partial charge in [-0.2, -0.15) is 0 Å². The van der Waals surface area contributed by atoms with Crippen molar-refractivity contribution < 1.29 is 33.2 Å². The van der Waals surface area contributed by atoms with Crippen molar-refractivity contribution in [2.75, 3.05) is 25.0 Å². The van der Waals surface area contributed by atoms with Crippen LogP contribution in [0.4, 0.5) is 5.69 Å². The van der Waals surface area contributed by atoms with E-state index < -0.39 is 23.8 Å². The van der Waals surface area contributed by atoms with Crippen LogP contribution in [0.25, 0.3) is 33.4 Å². The first kappa shape index (κ1) is 29.5. The summed E-state index contributed by atoms with van der Waals surface area (Å²) in [5, 5.41) is 5.35. The number of amides is 2. The van der Waals surface area contributed by atoms with Gasteiger partial charge in [-0.3, -0.25) is 14.6 Å². The third-order valence-corrected chi connectivity index (χ3v) is 7.28. The lowest BCUT2D eigenvalue weighted by Crippen LogP contribution is -2.32. The standard InChI is InChI=1S/C33H33N3O7/c1-6-34-25-16-27-23(13-18(25)4)31(24-14-19(5)26(35-7-2)17-28(24)42-27)22-15-20(9-10-21(22)33(40)41-8-3)32(39)43-36-29(37)11-12-30(36)38/h9-10,13-17,34H,6-8,11-12H2,1-5H3. The first-order chi connectivity index (χ1) is 20.7. The number of imide groups is 1. The van der Waals surface area contributed by atoms with Crippen LogP contribution in [0, 0.1) is 13.8 Å². The van der Waals surface area contributed by atoms with Crippen molar-refractivity contribution in [1.29, 1.82) is 0 Å². The number of anilines is 1. The summed E-state index contributed by atoms with van der Waals surface area (Å²) in [5.74, 6) is -2.10. The Kier molecular flexibility index (Phi) is 8.29. The summed E-state index contributed by atoms with van der Waals surface area (Å²) in [4.78, 5) is 60.5. The highest BCUT2D eigenvalue weighted by molar-refractivity contribution is 6.10. The zero-order valence-electron chi connectivity index (χ0n) is 24.8. The van der Waals surface area contributed by atoms with Crippen LogP contribution in [-0.4, -0.2) is 48.5 Å². The maximum absolute atomic E-state index is 13.3. The average Bonchev–Trinajstić information content (AvgIpc) is 3.29. The van der Waals surface area contributed by atoms with Crippen molar-refractivity contribution in [3.05, 3.63) is 70.1 Å². The molecule has 222 valence electrons. The Hall–Kier alpha value is -4.99. The normalized spacial score (nSPS) is 13.7. The van der Waals surface area contributed by atoms with Gasteiger partial charge in [-0.05, 0) is 81.6 Å². The van der Waals surface area contributed by atoms with E-state index in [1.54, 1.807) is 6.92 Å². The maximum Gasteiger partial charge on any atom is 0.363 e. The Balaban J connectivity index is 1.82. The van der Waals surface area contributed by atoms with Gasteiger partial charge in [-0.15, -0.1) is 5.06 Å². The number of esters is 1. The predicted octanol–water partition coefficient (Wildman–Crippen LogP) is 5.57. The van der Waals surface area contributed by atoms with Crippen molar-refractivity contribution in [1.82, 2.24) is 5.06 Å². The highest BCUT2D eigenvalue weighted by Crippen LogP contribution is 2.43. The van der Waals surface area contributed by atoms with Crippen molar-refractivity contribution in [3.8, 4) is 22.5 Å². The molecule has 2 heterocycles. The Morgan fingerprint density at radius 3 is 2.35 bits per heavy atom. The third kappa shape index (κ3) is 5.60. The smallest absolute Gasteiger partial charge is 0.363 e. The molecule has 0 spiro atoms. The van der Waals surface area contributed by atoms with Gasteiger partial charge in [-0.25, -0.2) is 9.59 Å². The quantitative estimate of drug-likeness (QED) is 0.162. The maximum atomic E-state index is 13.3. The van der Waals surface area contributed by atoms with Gasteiger partial charge in [0.1, 0.15) is 11.3 Å². The first-order valence-corrected chi connectivity index (χ1v) is 14.3. The molecule has 2 amide bonds. The lowest BCUT2D eigenvalue weighted by molar-refractivity contribution is -0.172. The van der Waals surface area contributed by atoms with E-state index in [2.05, 4.69) is 10.3 Å². The van der Waals surface area contributed by atoms with Crippen molar-refractivity contribution in [3.63, 3.8) is 0 Å². The van der Waals surface area contributed by atoms with Crippen LogP contribution >= 0.6 is 0 Å². The van der Waals surface area contributed by atoms with Gasteiger partial charge in [-0.1, -0.05) is 0 Å². The summed E-state index contributed by atoms with van der Waals surface area (Å²) in [6.45, 7) is 11.1. The minimum absolute atomic E-state index is 0.0233. The molecular formula is C33H33N3O7. The van der Waals surface area contributed by atoms with Gasteiger partial charge in [0.2, 0.25) is 0 Å². The molecule has 3 aliphatic rings. The molecule has 10 nitrogen and oxygen atoms in total. The van der Waals surface area contributed by atoms with Crippen LogP contribution in [0.5, 0.6) is 0 Å². The molecule has 1 fully saturated rings. The summed E-state index contributed by atoms with van der Waals surface area (Å²) in [6.07, 6.45) is -0.0466. The number of rotatable bonds is 8. The Bertz CT molecular complexity index is 1810. The largest absolute Gasteiger partial charge is 0.462 e. The number of hydrogen-bond acceptors (Lipinski definition) is 9. The SMILES string of the molecule is CCN=c1cc2oc3cc(NCC)c(C)cc3c(-c3cc(C(=O)ON4C(=O)CCC4=O)ccc3C(=O)OCC)c-2cc1C. The molecule has 0 unspecified atom stereocenters. The zero-order chi connectivity index (χ0) is 30.8. The second-order valence-corrected chi connectivity index (χ2v) is 10.2. The first-order valence-electron chi connectivity index (χ1n) is 14.3. The van der Waals surface area contributed by atoms with Crippen molar-refractivity contribution in [2.24, 2.45) is 4.99 Å². The predicted molar refractivity (Wildman–Crippen MR) is 160 cm³/mol. The van der Waals surface area contributed by atoms with E-state index in [-0.39, 0.29) is 30.6 Å². The summed E-state index contributed by atoms with van der Waals surface area (Å²) < 4.78 is 11.8. The highest BCUT2D eigenvalue weighted by Gasteiger charge is 2.34. The molecule has 0 bridgehead atoms. The molecule has 0 radical (unpaired) electrons. The van der Waals surface area contributed by atoms with Gasteiger partial charge in [0, 0.05) is 60.3 Å². The van der Waals surface area contributed by atoms with Crippen molar-refractivity contribution in [2.45, 2.75) is 47.5 Å². The van der Waals surface area contributed by atoms with Crippen molar-refractivity contribution >= 4 is 40.4 Å². The Morgan fingerprint density at radius 1 is 0.930 bits per heavy atom. The average molecular weight is 584 g/mol. The highest BCUT2D eigenvalue weighted by atomic mass is 16.7. The van der Waals surface area contributed by atoms with Gasteiger partial charge in [0.05, 0.1) is 23.1 Å². The second kappa shape index (κ2) is 12.1. The van der Waals surface area contributed by atoms with Gasteiger partial charge < -0.3 is 19.3 Å². The van der Waals surface area contributed by atoms with E-state index in [0.29, 0.717) is 51.6 Å². The molecule has 1 aliphatic carbocycles. The van der Waals surface area contributed by atoms with E-state index in [1.807, 2.05) is 52.0 Å². The fraction of sp³-hybridized carbons (Fsp3) is 0.303. The number of hydrogen-bond donors (Lipinski definition) is 1. The number of nitrogens with zero attached hydrogens (tertiary/aromatic N) is 2. The summed E-state index contributed by atoms with van der Waals surface area (Å²) in [6, 6.07) is 12.2. The fourth-order valence-corrected chi connectivity index (χ4v) is 5.26. The zero-order valence-corrected chi connectivity index (χ0v) is 24.8. The molecule has 0 aromatic heterocycles. The number of carbonyl (C=O) groups excluding carboxylic acids is 4. The molecule has 0 atom stereocenters. The monoisotopic (exact) mass is 583 g/mol. The van der Waals surface area contributed by atoms with E-state index in [0.717, 1.165) is 22.2 Å². The Labute approximate surface area is 248 Å². The van der Waals surface area contributed by atoms with Crippen LogP contribution in [-0.2, 0) is 19.2 Å². The Morgan fingerprint density at radius 2 is 1.67 bits per heavy atom. The van der Waals surface area contributed by atoms with Crippen LogP contribution < -0.4 is 10.7 Å². The minimum Gasteiger partial charge on any atom is -0.462 e. The van der Waals surface area contributed by atoms with Gasteiger partial charge >= 0.3 is 11.9 Å². The lowest BCUT2D eigenvalue weighted by Gasteiger charge is -2.20. The number of carbonyl (C=O) groups is 4. The molecule has 2 aromatic rings. The molecule has 1 N–H and O–H groups in total. The van der Waals surface area contributed by atoms with E-state index in [4.69, 9.17) is 14.0 Å². The molecule has 5 rings (SSSR count). The van der Waals surface area contributed by atoms with E-state index in [9.17, 15) is 19.2 Å². The molecule has 2 aliphatic heterocycles. The fourth-order valence-electron chi connectivity index (χ4n) is 5.26. The summed E-state index contributed by atoms with van der Waals surface area (Å²) >= 11 is 0. The number of nitrogens with one attached hydrogen (secondary N) is 1. The second-order valence-electron chi connectivity index (χ2n) is 10.2. The molecular weight excluding hydrogens is 550 g/mol. The number of aryl methyl sites for hydroxylation is 2. The number of fused-ring (bicyclic) bond motifs is 2. The van der Waals surface area contributed by atoms with E-state index >= 15 is 0 Å². The molecule has 10 heteroatoms. The molecule has 2 aromatic carbocycles. The summed E-state index contributed by atoms with van der Waals surface area (Å²) in [5.41, 5.74) is 5.37. The number of ether oxygens (including phenoxy) is 1. The van der Waals surface area contributed by atoms with Crippen LogP contribution in [0.1, 0.15) is 65.5 Å². The van der Waals surface area contributed by atoms with E-state index in [1.165, 1.54) is 18.2 Å². The van der Waals surface area contributed by atoms with Gasteiger partial charge in [0.15, 0.2) is 0 Å². The lowest BCUT2D eigenvalue weighted by atomic mass is 9.88. The molecule has 1 saturated heterocycles. The third-order valence-electron chi connectivity index (χ3n) is 7.28. The van der Waals surface area contributed by atoms with Crippen LogP contribution in [0.15, 0.2) is 51.9 Å². The number of benzene rings is 3. The topological polar surface area (TPSA) is 128 Å². The van der Waals surface area contributed by atoms with Crippen LogP contribution in [0.2, 0.25) is 0 Å². The summed E-state index contributed by atoms with van der Waals surface area (Å²) in [7, 11) is 0. The molecule has 43 heavy (non-hydrogen) atoms. The van der Waals surface area contributed by atoms with Gasteiger partial charge in [0.25, 0.3) is 11.8 Å².